The van der Waals surface area contributed by atoms with E-state index in [0.29, 0.717) is 16.3 Å². The van der Waals surface area contributed by atoms with E-state index < -0.39 is 0 Å². The molecule has 0 bridgehead atoms. The van der Waals surface area contributed by atoms with Crippen LogP contribution < -0.4 is 5.32 Å². The minimum atomic E-state index is -0.188. The highest BCUT2D eigenvalue weighted by molar-refractivity contribution is 7.98. The summed E-state index contributed by atoms with van der Waals surface area (Å²) in [5, 5.41) is 21.1. The summed E-state index contributed by atoms with van der Waals surface area (Å²) in [6.45, 7) is 2.00. The molecule has 0 saturated heterocycles. The lowest BCUT2D eigenvalue weighted by Gasteiger charge is -2.08. The van der Waals surface area contributed by atoms with Crippen LogP contribution >= 0.6 is 23.1 Å². The first kappa shape index (κ1) is 18.1. The molecule has 0 unspecified atom stereocenters. The van der Waals surface area contributed by atoms with Gasteiger partial charge in [0.25, 0.3) is 5.91 Å². The smallest absolute Gasteiger partial charge is 0.258 e. The van der Waals surface area contributed by atoms with Crippen LogP contribution in [-0.4, -0.2) is 16.1 Å². The second-order valence-corrected chi connectivity index (χ2v) is 7.48. The summed E-state index contributed by atoms with van der Waals surface area (Å²) in [5.41, 5.74) is 2.35. The van der Waals surface area contributed by atoms with Crippen LogP contribution in [0.2, 0.25) is 0 Å². The lowest BCUT2D eigenvalue weighted by atomic mass is 10.2. The number of nitrogens with one attached hydrogen (secondary N) is 1. The number of carbonyl (C=O) groups is 1. The molecule has 2 aromatic carbocycles. The first-order chi connectivity index (χ1) is 12.7. The molecule has 26 heavy (non-hydrogen) atoms. The maximum Gasteiger partial charge on any atom is 0.258 e. The van der Waals surface area contributed by atoms with Gasteiger partial charge >= 0.3 is 0 Å². The number of amides is 1. The van der Waals surface area contributed by atoms with Crippen molar-refractivity contribution in [1.29, 1.82) is 5.26 Å². The third-order valence-corrected chi connectivity index (χ3v) is 5.73. The maximum atomic E-state index is 12.6. The second kappa shape index (κ2) is 8.61. The third kappa shape index (κ3) is 4.48. The van der Waals surface area contributed by atoms with Crippen LogP contribution in [-0.2, 0) is 12.2 Å². The van der Waals surface area contributed by atoms with Crippen LogP contribution in [0.3, 0.4) is 0 Å². The Morgan fingerprint density at radius 3 is 2.65 bits per heavy atom. The number of carbonyl (C=O) groups excluding carboxylic acids is 1. The molecule has 1 amide bonds. The summed E-state index contributed by atoms with van der Waals surface area (Å²) in [4.78, 5) is 13.5. The summed E-state index contributed by atoms with van der Waals surface area (Å²) in [6.07, 6.45) is 0.796. The Labute approximate surface area is 160 Å². The number of nitriles is 1. The van der Waals surface area contributed by atoms with E-state index in [-0.39, 0.29) is 5.91 Å². The molecule has 3 rings (SSSR count). The number of rotatable bonds is 6. The van der Waals surface area contributed by atoms with Crippen molar-refractivity contribution in [3.63, 3.8) is 0 Å². The van der Waals surface area contributed by atoms with Gasteiger partial charge in [0, 0.05) is 10.6 Å². The number of benzene rings is 2. The molecule has 7 heteroatoms. The minimum Gasteiger partial charge on any atom is -0.296 e. The SMILES string of the molecule is CCc1nnc(NC(=O)c2ccccc2SCc2ccc(C#N)cc2)s1. The zero-order chi connectivity index (χ0) is 18.4. The Morgan fingerprint density at radius 1 is 1.19 bits per heavy atom. The van der Waals surface area contributed by atoms with Crippen molar-refractivity contribution in [2.45, 2.75) is 24.0 Å². The predicted octanol–water partition coefficient (Wildman–Crippen LogP) is 4.52. The first-order valence-corrected chi connectivity index (χ1v) is 9.84. The number of anilines is 1. The van der Waals surface area contributed by atoms with Gasteiger partial charge in [0.2, 0.25) is 5.13 Å². The second-order valence-electron chi connectivity index (χ2n) is 5.40. The lowest BCUT2D eigenvalue weighted by Crippen LogP contribution is -2.12. The standard InChI is InChI=1S/C19H16N4OS2/c1-2-17-22-23-19(26-17)21-18(24)15-5-3-4-6-16(15)25-12-14-9-7-13(11-20)8-10-14/h3-10H,2,12H2,1H3,(H,21,23,24). The highest BCUT2D eigenvalue weighted by Gasteiger charge is 2.14. The van der Waals surface area contributed by atoms with Gasteiger partial charge in [-0.2, -0.15) is 5.26 Å². The number of aryl methyl sites for hydroxylation is 1. The average Bonchev–Trinajstić information content (AvgIpc) is 3.14. The normalized spacial score (nSPS) is 10.3. The number of hydrogen-bond acceptors (Lipinski definition) is 6. The zero-order valence-corrected chi connectivity index (χ0v) is 15.7. The molecule has 0 atom stereocenters. The van der Waals surface area contributed by atoms with Crippen LogP contribution in [0, 0.1) is 11.3 Å². The molecular formula is C19H16N4OS2. The zero-order valence-electron chi connectivity index (χ0n) is 14.1. The summed E-state index contributed by atoms with van der Waals surface area (Å²) < 4.78 is 0. The lowest BCUT2D eigenvalue weighted by molar-refractivity contribution is 0.102. The number of nitrogens with zero attached hydrogens (tertiary/aromatic N) is 3. The van der Waals surface area contributed by atoms with Crippen molar-refractivity contribution in [3.05, 3.63) is 70.2 Å². The molecule has 5 nitrogen and oxygen atoms in total. The van der Waals surface area contributed by atoms with Crippen molar-refractivity contribution in [1.82, 2.24) is 10.2 Å². The summed E-state index contributed by atoms with van der Waals surface area (Å²) in [6, 6.07) is 17.1. The molecule has 1 heterocycles. The Morgan fingerprint density at radius 2 is 1.96 bits per heavy atom. The molecule has 0 aliphatic heterocycles. The van der Waals surface area contributed by atoms with Gasteiger partial charge in [-0.3, -0.25) is 10.1 Å². The number of aromatic nitrogens is 2. The number of thioether (sulfide) groups is 1. The molecule has 0 radical (unpaired) electrons. The monoisotopic (exact) mass is 380 g/mol. The predicted molar refractivity (Wildman–Crippen MR) is 104 cm³/mol. The number of hydrogen-bond donors (Lipinski definition) is 1. The summed E-state index contributed by atoms with van der Waals surface area (Å²) in [7, 11) is 0. The van der Waals surface area contributed by atoms with Crippen molar-refractivity contribution in [3.8, 4) is 6.07 Å². The van der Waals surface area contributed by atoms with Gasteiger partial charge in [-0.15, -0.1) is 22.0 Å². The van der Waals surface area contributed by atoms with Crippen LogP contribution in [0.25, 0.3) is 0 Å². The van der Waals surface area contributed by atoms with Crippen molar-refractivity contribution < 1.29 is 4.79 Å². The van der Waals surface area contributed by atoms with Gasteiger partial charge < -0.3 is 0 Å². The Kier molecular flexibility index (Phi) is 6.00. The van der Waals surface area contributed by atoms with Crippen LogP contribution in [0.4, 0.5) is 5.13 Å². The highest BCUT2D eigenvalue weighted by Crippen LogP contribution is 2.27. The topological polar surface area (TPSA) is 78.7 Å². The van der Waals surface area contributed by atoms with Crippen LogP contribution in [0.15, 0.2) is 53.4 Å². The fourth-order valence-electron chi connectivity index (χ4n) is 2.23. The Bertz CT molecular complexity index is 945. The molecule has 0 fully saturated rings. The van der Waals surface area contributed by atoms with Crippen molar-refractivity contribution in [2.75, 3.05) is 5.32 Å². The van der Waals surface area contributed by atoms with E-state index in [9.17, 15) is 4.79 Å². The fourth-order valence-corrected chi connectivity index (χ4v) is 3.91. The molecule has 1 N–H and O–H groups in total. The van der Waals surface area contributed by atoms with Crippen LogP contribution in [0.1, 0.15) is 33.4 Å². The highest BCUT2D eigenvalue weighted by atomic mass is 32.2. The molecule has 1 aromatic heterocycles. The van der Waals surface area contributed by atoms with Gasteiger partial charge in [0.05, 0.1) is 17.2 Å². The summed E-state index contributed by atoms with van der Waals surface area (Å²) >= 11 is 2.97. The van der Waals surface area contributed by atoms with Crippen LogP contribution in [0.5, 0.6) is 0 Å². The van der Waals surface area contributed by atoms with E-state index in [1.807, 2.05) is 37.3 Å². The molecule has 3 aromatic rings. The fraction of sp³-hybridized carbons (Fsp3) is 0.158. The largest absolute Gasteiger partial charge is 0.296 e. The molecule has 0 aliphatic rings. The molecule has 130 valence electrons. The quantitative estimate of drug-likeness (QED) is 0.636. The minimum absolute atomic E-state index is 0.188. The molecule has 0 aliphatic carbocycles. The van der Waals surface area contributed by atoms with Crippen molar-refractivity contribution >= 4 is 34.1 Å². The van der Waals surface area contributed by atoms with E-state index in [0.717, 1.165) is 27.6 Å². The third-order valence-electron chi connectivity index (χ3n) is 3.60. The van der Waals surface area contributed by atoms with E-state index >= 15 is 0 Å². The van der Waals surface area contributed by atoms with E-state index in [2.05, 4.69) is 21.6 Å². The first-order valence-electron chi connectivity index (χ1n) is 8.04. The summed E-state index contributed by atoms with van der Waals surface area (Å²) in [5.74, 6) is 0.529. The van der Waals surface area contributed by atoms with Gasteiger partial charge in [-0.05, 0) is 36.2 Å². The van der Waals surface area contributed by atoms with Gasteiger partial charge in [-0.1, -0.05) is 42.5 Å². The van der Waals surface area contributed by atoms with Gasteiger partial charge in [0.15, 0.2) is 0 Å². The van der Waals surface area contributed by atoms with E-state index in [4.69, 9.17) is 5.26 Å². The maximum absolute atomic E-state index is 12.6. The van der Waals surface area contributed by atoms with E-state index in [1.54, 1.807) is 30.0 Å². The van der Waals surface area contributed by atoms with E-state index in [1.165, 1.54) is 11.3 Å². The average molecular weight is 380 g/mol. The van der Waals surface area contributed by atoms with Gasteiger partial charge in [-0.25, -0.2) is 0 Å². The molecule has 0 saturated carbocycles. The molecule has 0 spiro atoms. The van der Waals surface area contributed by atoms with Crippen molar-refractivity contribution in [2.24, 2.45) is 0 Å². The molecular weight excluding hydrogens is 364 g/mol. The van der Waals surface area contributed by atoms with Gasteiger partial charge in [0.1, 0.15) is 5.01 Å². The Hall–Kier alpha value is -2.69. The Balaban J connectivity index is 1.70.